The number of hydrogen-bond donors (Lipinski definition) is 0. The van der Waals surface area contributed by atoms with Crippen LogP contribution < -0.4 is 9.47 Å². The van der Waals surface area contributed by atoms with Crippen LogP contribution >= 0.6 is 0 Å². The van der Waals surface area contributed by atoms with Crippen LogP contribution in [0.1, 0.15) is 65.2 Å². The second-order valence-electron chi connectivity index (χ2n) is 8.01. The molecule has 0 radical (unpaired) electrons. The zero-order valence-corrected chi connectivity index (χ0v) is 18.8. The summed E-state index contributed by atoms with van der Waals surface area (Å²) in [4.78, 5) is 0. The number of benzene rings is 2. The van der Waals surface area contributed by atoms with Crippen molar-refractivity contribution in [2.45, 2.75) is 71.0 Å². The maximum Gasteiger partial charge on any atom is 0.249 e. The molecule has 0 N–H and O–H groups in total. The molecule has 0 aliphatic rings. The van der Waals surface area contributed by atoms with Crippen molar-refractivity contribution in [2.24, 2.45) is 0 Å². The number of unbranched alkanes of at least 4 members (excludes halogenated alkanes) is 6. The zero-order valence-electron chi connectivity index (χ0n) is 18.8. The van der Waals surface area contributed by atoms with E-state index in [0.29, 0.717) is 12.8 Å². The van der Waals surface area contributed by atoms with Crippen LogP contribution in [0.5, 0.6) is 11.5 Å². The summed E-state index contributed by atoms with van der Waals surface area (Å²) in [5.41, 5.74) is 0. The lowest BCUT2D eigenvalue weighted by atomic mass is 10.0. The predicted octanol–water partition coefficient (Wildman–Crippen LogP) is 8.39. The highest BCUT2D eigenvalue weighted by atomic mass is 19.2. The second kappa shape index (κ2) is 11.9. The van der Waals surface area contributed by atoms with Gasteiger partial charge in [0.1, 0.15) is 0 Å². The number of halogens is 10. The van der Waals surface area contributed by atoms with Gasteiger partial charge < -0.3 is 9.47 Å². The lowest BCUT2D eigenvalue weighted by molar-refractivity contribution is -0.114. The zero-order chi connectivity index (χ0) is 26.5. The molecule has 0 bridgehead atoms. The molecule has 0 unspecified atom stereocenters. The highest BCUT2D eigenvalue weighted by Crippen LogP contribution is 2.37. The Morgan fingerprint density at radius 2 is 0.743 bits per heavy atom. The van der Waals surface area contributed by atoms with E-state index in [1.165, 1.54) is 0 Å². The number of ether oxygens (including phenoxy) is 2. The molecule has 0 atom stereocenters. The molecule has 0 aliphatic carbocycles. The first-order chi connectivity index (χ1) is 16.4. The quantitative estimate of drug-likeness (QED) is 0.0920. The van der Waals surface area contributed by atoms with Crippen molar-refractivity contribution in [3.63, 3.8) is 0 Å². The molecule has 2 aromatic rings. The highest BCUT2D eigenvalue weighted by molar-refractivity contribution is 5.32. The monoisotopic (exact) mass is 520 g/mol. The van der Waals surface area contributed by atoms with Crippen LogP contribution in [-0.2, 0) is 0 Å². The lowest BCUT2D eigenvalue weighted by Crippen LogP contribution is -2.40. The van der Waals surface area contributed by atoms with Crippen LogP contribution in [0.3, 0.4) is 0 Å². The van der Waals surface area contributed by atoms with Crippen LogP contribution in [0.2, 0.25) is 0 Å². The van der Waals surface area contributed by atoms with Gasteiger partial charge in [-0.1, -0.05) is 45.4 Å². The number of rotatable bonds is 12. The van der Waals surface area contributed by atoms with E-state index in [9.17, 15) is 43.9 Å². The summed E-state index contributed by atoms with van der Waals surface area (Å²) in [5, 5.41) is 0. The Labute approximate surface area is 194 Å². The van der Waals surface area contributed by atoms with Crippen molar-refractivity contribution >= 4 is 0 Å². The fourth-order valence-corrected chi connectivity index (χ4v) is 3.31. The second-order valence-corrected chi connectivity index (χ2v) is 8.01. The molecule has 0 heterocycles. The normalized spacial score (nSPS) is 11.8. The van der Waals surface area contributed by atoms with Crippen molar-refractivity contribution in [2.75, 3.05) is 0 Å². The standard InChI is InChI=1S/C23H22F10O2/c1-3-4-5-6-7-8-9-10-23(2,34-21-17(30)13(26)11(24)14(27)18(21)31)35-22-19(32)15(28)12(25)16(29)20(22)33/h3-10H2,1-2H3. The molecular weight excluding hydrogens is 498 g/mol. The molecule has 35 heavy (non-hydrogen) atoms. The summed E-state index contributed by atoms with van der Waals surface area (Å²) < 4.78 is 147. The molecule has 12 heteroatoms. The molecule has 2 aromatic carbocycles. The minimum Gasteiger partial charge on any atom is -0.446 e. The van der Waals surface area contributed by atoms with E-state index < -0.39 is 81.9 Å². The van der Waals surface area contributed by atoms with E-state index >= 15 is 0 Å². The fraction of sp³-hybridized carbons (Fsp3) is 0.478. The molecule has 2 rings (SSSR count). The summed E-state index contributed by atoms with van der Waals surface area (Å²) in [6, 6.07) is 0. The van der Waals surface area contributed by atoms with Gasteiger partial charge >= 0.3 is 0 Å². The van der Waals surface area contributed by atoms with Crippen molar-refractivity contribution in [1.82, 2.24) is 0 Å². The van der Waals surface area contributed by atoms with Crippen LogP contribution in [-0.4, -0.2) is 5.79 Å². The Balaban J connectivity index is 2.42. The Bertz CT molecular complexity index is 928. The molecule has 196 valence electrons. The highest BCUT2D eigenvalue weighted by Gasteiger charge is 2.38. The third-order valence-electron chi connectivity index (χ3n) is 5.21. The largest absolute Gasteiger partial charge is 0.446 e. The van der Waals surface area contributed by atoms with E-state index in [1.807, 2.05) is 6.92 Å². The molecule has 0 saturated heterocycles. The summed E-state index contributed by atoms with van der Waals surface area (Å²) in [7, 11) is 0. The first kappa shape index (κ1) is 28.6. The van der Waals surface area contributed by atoms with Gasteiger partial charge in [0.25, 0.3) is 0 Å². The summed E-state index contributed by atoms with van der Waals surface area (Å²) in [6.07, 6.45) is 4.38. The average molecular weight is 520 g/mol. The van der Waals surface area contributed by atoms with Gasteiger partial charge in [-0.3, -0.25) is 0 Å². The van der Waals surface area contributed by atoms with Crippen LogP contribution in [0.15, 0.2) is 0 Å². The molecule has 2 nitrogen and oxygen atoms in total. The molecule has 0 aromatic heterocycles. The smallest absolute Gasteiger partial charge is 0.249 e. The van der Waals surface area contributed by atoms with E-state index in [0.717, 1.165) is 32.6 Å². The van der Waals surface area contributed by atoms with Gasteiger partial charge in [-0.05, 0) is 6.42 Å². The first-order valence-electron chi connectivity index (χ1n) is 10.8. The van der Waals surface area contributed by atoms with E-state index in [-0.39, 0.29) is 6.42 Å². The van der Waals surface area contributed by atoms with E-state index in [1.54, 1.807) is 0 Å². The van der Waals surface area contributed by atoms with Gasteiger partial charge in [0.05, 0.1) is 0 Å². The maximum atomic E-state index is 14.2. The van der Waals surface area contributed by atoms with Crippen LogP contribution in [0.4, 0.5) is 43.9 Å². The van der Waals surface area contributed by atoms with Gasteiger partial charge in [0, 0.05) is 13.3 Å². The average Bonchev–Trinajstić information content (AvgIpc) is 2.84. The Hall–Kier alpha value is -2.66. The van der Waals surface area contributed by atoms with Gasteiger partial charge in [0.2, 0.25) is 75.5 Å². The van der Waals surface area contributed by atoms with E-state index in [4.69, 9.17) is 9.47 Å². The first-order valence-corrected chi connectivity index (χ1v) is 10.8. The molecule has 0 amide bonds. The minimum atomic E-state index is -2.60. The third-order valence-corrected chi connectivity index (χ3v) is 5.21. The van der Waals surface area contributed by atoms with Gasteiger partial charge in [0.15, 0.2) is 0 Å². The van der Waals surface area contributed by atoms with Gasteiger partial charge in [-0.2, -0.15) is 17.6 Å². The summed E-state index contributed by atoms with van der Waals surface area (Å²) in [5.74, 6) is -30.3. The lowest BCUT2D eigenvalue weighted by Gasteiger charge is -2.32. The summed E-state index contributed by atoms with van der Waals surface area (Å²) in [6.45, 7) is 2.80. The molecule has 0 saturated carbocycles. The van der Waals surface area contributed by atoms with Gasteiger partial charge in [-0.25, -0.2) is 26.3 Å². The van der Waals surface area contributed by atoms with Gasteiger partial charge in [-0.15, -0.1) is 0 Å². The molecule has 0 spiro atoms. The van der Waals surface area contributed by atoms with E-state index in [2.05, 4.69) is 0 Å². The Kier molecular flexibility index (Phi) is 9.68. The maximum absolute atomic E-state index is 14.2. The fourth-order valence-electron chi connectivity index (χ4n) is 3.31. The SMILES string of the molecule is CCCCCCCCCC(C)(Oc1c(F)c(F)c(F)c(F)c1F)Oc1c(F)c(F)c(F)c(F)c1F. The molecular formula is C23H22F10O2. The van der Waals surface area contributed by atoms with Crippen molar-refractivity contribution in [3.8, 4) is 11.5 Å². The van der Waals surface area contributed by atoms with Crippen molar-refractivity contribution < 1.29 is 53.4 Å². The third kappa shape index (κ3) is 6.32. The molecule has 0 aliphatic heterocycles. The van der Waals surface area contributed by atoms with Crippen molar-refractivity contribution in [1.29, 1.82) is 0 Å². The molecule has 0 fully saturated rings. The predicted molar refractivity (Wildman–Crippen MR) is 105 cm³/mol. The Morgan fingerprint density at radius 1 is 0.457 bits per heavy atom. The number of hydrogen-bond acceptors (Lipinski definition) is 2. The topological polar surface area (TPSA) is 18.5 Å². The summed E-state index contributed by atoms with van der Waals surface area (Å²) >= 11 is 0. The minimum absolute atomic E-state index is 0.0907. The van der Waals surface area contributed by atoms with Crippen LogP contribution in [0, 0.1) is 58.2 Å². The van der Waals surface area contributed by atoms with Crippen molar-refractivity contribution in [3.05, 3.63) is 58.2 Å². The Morgan fingerprint density at radius 3 is 1.09 bits per heavy atom. The van der Waals surface area contributed by atoms with Crippen LogP contribution in [0.25, 0.3) is 0 Å².